The minimum atomic E-state index is -4.85. The summed E-state index contributed by atoms with van der Waals surface area (Å²) in [6.45, 7) is -2.57. The monoisotopic (exact) mass is 491 g/mol. The molecule has 2 aliphatic heterocycles. The number of phosphoric acid groups is 1. The number of H-pyrrole nitrogens is 1. The van der Waals surface area contributed by atoms with E-state index in [4.69, 9.17) is 34.6 Å². The second kappa shape index (κ2) is 8.27. The van der Waals surface area contributed by atoms with Gasteiger partial charge in [0.1, 0.15) is 24.5 Å². The number of hydrogen-bond donors (Lipinski definition) is 3. The minimum Gasteiger partial charge on any atom is -0.403 e. The summed E-state index contributed by atoms with van der Waals surface area (Å²) in [7, 11) is -4.85. The Morgan fingerprint density at radius 3 is 3.03 bits per heavy atom. The lowest BCUT2D eigenvalue weighted by atomic mass is 10.1. The fraction of sp³-hybridized carbons (Fsp3) is 0.389. The van der Waals surface area contributed by atoms with Crippen LogP contribution in [-0.4, -0.2) is 50.7 Å². The highest BCUT2D eigenvalue weighted by atomic mass is 32.1. The predicted octanol–water partition coefficient (Wildman–Crippen LogP) is 1.68. The number of nitrogens with zero attached hydrogens (tertiary/aromatic N) is 1. The standard InChI is InChI=1S/C18H18FN2O9PS/c1-9-3-2-4-10-7-27-31(26,30-13(9)10)28-8-18(19)14(24)12(23)16(29-18)21-5-11(6-22)15(25)20-17(21)32/h2-6,12,14,16,23-24H,7-8H2,1H3,(H,20,25,32)/t12-,14+,16-,18-,31?/m1/s1/i8D2,16D. The summed E-state index contributed by atoms with van der Waals surface area (Å²) in [4.78, 5) is 24.9. The van der Waals surface area contributed by atoms with Gasteiger partial charge >= 0.3 is 7.82 Å². The molecule has 0 spiro atoms. The fourth-order valence-electron chi connectivity index (χ4n) is 3.02. The molecule has 11 nitrogen and oxygen atoms in total. The number of carbonyl (C=O) groups is 1. The van der Waals surface area contributed by atoms with Crippen LogP contribution in [0, 0.1) is 11.7 Å². The molecule has 1 fully saturated rings. The van der Waals surface area contributed by atoms with E-state index in [2.05, 4.69) is 0 Å². The lowest BCUT2D eigenvalue weighted by molar-refractivity contribution is -0.205. The number of aryl methyl sites for hydroxylation is 1. The zero-order chi connectivity index (χ0) is 26.0. The molecule has 172 valence electrons. The second-order valence-electron chi connectivity index (χ2n) is 6.87. The molecule has 1 unspecified atom stereocenters. The molecule has 0 radical (unpaired) electrons. The van der Waals surface area contributed by atoms with Crippen LogP contribution in [0.4, 0.5) is 4.39 Å². The van der Waals surface area contributed by atoms with Crippen LogP contribution in [0.25, 0.3) is 0 Å². The van der Waals surface area contributed by atoms with Gasteiger partial charge in [-0.25, -0.2) is 8.96 Å². The van der Waals surface area contributed by atoms with Crippen LogP contribution in [0.3, 0.4) is 0 Å². The quantitative estimate of drug-likeness (QED) is 0.320. The lowest BCUT2D eigenvalue weighted by Gasteiger charge is -2.29. The largest absolute Gasteiger partial charge is 0.530 e. The molecular weight excluding hydrogens is 470 g/mol. The third kappa shape index (κ3) is 3.97. The Bertz CT molecular complexity index is 1370. The summed E-state index contributed by atoms with van der Waals surface area (Å²) >= 11 is 4.88. The maximum Gasteiger partial charge on any atom is 0.530 e. The summed E-state index contributed by atoms with van der Waals surface area (Å²) in [6, 6.07) is 4.87. The van der Waals surface area contributed by atoms with Gasteiger partial charge < -0.3 is 19.5 Å². The summed E-state index contributed by atoms with van der Waals surface area (Å²) in [5.41, 5.74) is -0.579. The van der Waals surface area contributed by atoms with Crippen molar-refractivity contribution < 1.29 is 46.4 Å². The zero-order valence-electron chi connectivity index (χ0n) is 19.2. The van der Waals surface area contributed by atoms with Gasteiger partial charge in [0.25, 0.3) is 11.4 Å². The number of aromatic amines is 1. The number of alkyl halides is 1. The van der Waals surface area contributed by atoms with E-state index in [1.54, 1.807) is 25.1 Å². The van der Waals surface area contributed by atoms with E-state index in [0.717, 1.165) is 0 Å². The van der Waals surface area contributed by atoms with Crippen molar-refractivity contribution in [1.29, 1.82) is 0 Å². The number of hydrogen-bond acceptors (Lipinski definition) is 10. The van der Waals surface area contributed by atoms with Crippen molar-refractivity contribution in [3.05, 3.63) is 56.2 Å². The van der Waals surface area contributed by atoms with Gasteiger partial charge in [-0.2, -0.15) is 0 Å². The SMILES string of the molecule is [2H]C([2H])(OP1(=O)OCc2cccc(C)c2O1)[C@@]1(F)O[C@@]([2H])(n2cc(C=O)c(=O)[nH]c2=S)[C@H](O)[C@@H]1O. The van der Waals surface area contributed by atoms with Crippen LogP contribution in [0.15, 0.2) is 29.2 Å². The van der Waals surface area contributed by atoms with Gasteiger partial charge in [-0.3, -0.25) is 28.2 Å². The average molecular weight is 491 g/mol. The molecular formula is C18H18FN2O9PS. The summed E-state index contributed by atoms with van der Waals surface area (Å²) < 4.78 is 73.1. The van der Waals surface area contributed by atoms with Crippen molar-refractivity contribution in [1.82, 2.24) is 9.55 Å². The molecule has 2 aromatic rings. The van der Waals surface area contributed by atoms with Gasteiger partial charge in [0.05, 0.1) is 16.3 Å². The van der Waals surface area contributed by atoms with Crippen molar-refractivity contribution in [3.8, 4) is 5.75 Å². The van der Waals surface area contributed by atoms with E-state index in [1.807, 2.05) is 4.98 Å². The molecule has 32 heavy (non-hydrogen) atoms. The van der Waals surface area contributed by atoms with Gasteiger partial charge in [-0.15, -0.1) is 0 Å². The molecule has 0 amide bonds. The van der Waals surface area contributed by atoms with E-state index in [1.165, 1.54) is 0 Å². The number of nitrogens with one attached hydrogen (secondary N) is 1. The van der Waals surface area contributed by atoms with Crippen LogP contribution < -0.4 is 10.1 Å². The summed E-state index contributed by atoms with van der Waals surface area (Å²) in [5.74, 6) is -3.98. The highest BCUT2D eigenvalue weighted by Gasteiger charge is 2.57. The Morgan fingerprint density at radius 1 is 1.56 bits per heavy atom. The number of para-hydroxylation sites is 1. The van der Waals surface area contributed by atoms with Crippen LogP contribution in [0.1, 0.15) is 31.8 Å². The highest BCUT2D eigenvalue weighted by Crippen LogP contribution is 2.56. The molecule has 14 heteroatoms. The Balaban J connectivity index is 1.70. The van der Waals surface area contributed by atoms with Crippen LogP contribution in [0.2, 0.25) is 0 Å². The van der Waals surface area contributed by atoms with E-state index in [9.17, 15) is 24.4 Å². The van der Waals surface area contributed by atoms with E-state index >= 15 is 4.39 Å². The number of aromatic nitrogens is 2. The molecule has 1 saturated heterocycles. The average Bonchev–Trinajstić information content (AvgIpc) is 2.95. The first-order valence-electron chi connectivity index (χ1n) is 10.5. The van der Waals surface area contributed by atoms with Crippen molar-refractivity contribution in [2.45, 2.75) is 37.8 Å². The number of fused-ring (bicyclic) bond motifs is 1. The molecule has 2 aliphatic rings. The molecule has 4 rings (SSSR count). The number of phosphoric ester groups is 1. The maximum absolute atomic E-state index is 15.9. The van der Waals surface area contributed by atoms with Crippen LogP contribution in [-0.2, 0) is 25.0 Å². The molecule has 0 saturated carbocycles. The van der Waals surface area contributed by atoms with Crippen molar-refractivity contribution in [2.75, 3.05) is 6.56 Å². The number of benzene rings is 1. The first kappa shape index (κ1) is 19.2. The van der Waals surface area contributed by atoms with Gasteiger partial charge in [-0.05, 0) is 24.7 Å². The minimum absolute atomic E-state index is 0.0643. The van der Waals surface area contributed by atoms with Gasteiger partial charge in [0.15, 0.2) is 17.3 Å². The smallest absolute Gasteiger partial charge is 0.403 e. The topological polar surface area (TPSA) is 149 Å². The Labute approximate surface area is 189 Å². The van der Waals surface area contributed by atoms with Gasteiger partial charge in [0.2, 0.25) is 0 Å². The van der Waals surface area contributed by atoms with Gasteiger partial charge in [-0.1, -0.05) is 18.2 Å². The highest BCUT2D eigenvalue weighted by molar-refractivity contribution is 7.71. The molecule has 0 aliphatic carbocycles. The summed E-state index contributed by atoms with van der Waals surface area (Å²) in [6.07, 6.45) is -7.71. The zero-order valence-corrected chi connectivity index (χ0v) is 17.9. The molecule has 1 aromatic heterocycles. The number of aldehydes is 1. The van der Waals surface area contributed by atoms with Crippen molar-refractivity contribution >= 4 is 26.3 Å². The number of halogens is 1. The normalized spacial score (nSPS) is 35.8. The third-order valence-electron chi connectivity index (χ3n) is 4.69. The number of carbonyl (C=O) groups excluding carboxylic acids is 1. The first-order valence-corrected chi connectivity index (χ1v) is 10.8. The Hall–Kier alpha value is -2.25. The molecule has 3 heterocycles. The van der Waals surface area contributed by atoms with Gasteiger partial charge in [0, 0.05) is 11.8 Å². The number of aliphatic hydroxyl groups is 2. The molecule has 0 bridgehead atoms. The molecule has 1 aromatic carbocycles. The summed E-state index contributed by atoms with van der Waals surface area (Å²) in [5, 5.41) is 20.8. The van der Waals surface area contributed by atoms with E-state index < -0.39 is 54.5 Å². The number of rotatable bonds is 5. The fourth-order valence-corrected chi connectivity index (χ4v) is 4.42. The van der Waals surface area contributed by atoms with Crippen molar-refractivity contribution in [3.63, 3.8) is 0 Å². The Morgan fingerprint density at radius 2 is 2.31 bits per heavy atom. The van der Waals surface area contributed by atoms with E-state index in [0.29, 0.717) is 21.9 Å². The maximum atomic E-state index is 15.9. The van der Waals surface area contributed by atoms with Crippen molar-refractivity contribution in [2.24, 2.45) is 0 Å². The van der Waals surface area contributed by atoms with Crippen LogP contribution >= 0.6 is 20.0 Å². The van der Waals surface area contributed by atoms with Crippen LogP contribution in [0.5, 0.6) is 5.75 Å². The lowest BCUT2D eigenvalue weighted by Crippen LogP contribution is -2.43. The predicted molar refractivity (Wildman–Crippen MR) is 107 cm³/mol. The molecule has 5 atom stereocenters. The second-order valence-corrected chi connectivity index (χ2v) is 8.78. The molecule has 3 N–H and O–H groups in total. The first-order chi connectivity index (χ1) is 16.2. The van der Waals surface area contributed by atoms with E-state index in [-0.39, 0.29) is 18.6 Å². The number of ether oxygens (including phenoxy) is 1. The number of aliphatic hydroxyl groups excluding tert-OH is 2. The Kier molecular flexibility index (Phi) is 4.97. The third-order valence-corrected chi connectivity index (χ3v) is 6.16.